The van der Waals surface area contributed by atoms with Crippen molar-refractivity contribution in [3.63, 3.8) is 0 Å². The largest absolute Gasteiger partial charge is 0.472 e. The molecule has 0 aliphatic carbocycles. The highest BCUT2D eigenvalue weighted by molar-refractivity contribution is 7.47. The van der Waals surface area contributed by atoms with Crippen molar-refractivity contribution in [1.82, 2.24) is 5.32 Å². The van der Waals surface area contributed by atoms with Crippen molar-refractivity contribution in [3.8, 4) is 0 Å². The van der Waals surface area contributed by atoms with E-state index in [0.717, 1.165) is 57.8 Å². The zero-order chi connectivity index (χ0) is 34.4. The van der Waals surface area contributed by atoms with Crippen molar-refractivity contribution < 1.29 is 32.9 Å². The minimum Gasteiger partial charge on any atom is -0.387 e. The molecule has 0 spiro atoms. The van der Waals surface area contributed by atoms with Crippen LogP contribution in [0.1, 0.15) is 129 Å². The summed E-state index contributed by atoms with van der Waals surface area (Å²) in [5, 5.41) is 13.6. The Hall–Kier alpha value is -1.54. The fourth-order valence-corrected chi connectivity index (χ4v) is 5.33. The van der Waals surface area contributed by atoms with E-state index in [1.54, 1.807) is 12.2 Å². The number of carbonyl (C=O) groups excluding carboxylic acids is 1. The van der Waals surface area contributed by atoms with Gasteiger partial charge < -0.3 is 19.8 Å². The van der Waals surface area contributed by atoms with E-state index in [0.29, 0.717) is 17.4 Å². The Labute approximate surface area is 282 Å². The minimum absolute atomic E-state index is 0.0484. The average molecular weight is 670 g/mol. The second-order valence-electron chi connectivity index (χ2n) is 13.3. The number of hydrogen-bond acceptors (Lipinski definition) is 5. The molecule has 0 heterocycles. The first-order valence-electron chi connectivity index (χ1n) is 18.0. The molecule has 0 bridgehead atoms. The van der Waals surface area contributed by atoms with Gasteiger partial charge in [0.15, 0.2) is 0 Å². The molecule has 3 atom stereocenters. The highest BCUT2D eigenvalue weighted by Gasteiger charge is 2.27. The summed E-state index contributed by atoms with van der Waals surface area (Å²) < 4.78 is 23.3. The van der Waals surface area contributed by atoms with Crippen LogP contribution >= 0.6 is 7.82 Å². The van der Waals surface area contributed by atoms with Gasteiger partial charge in [-0.3, -0.25) is 13.8 Å². The van der Waals surface area contributed by atoms with Gasteiger partial charge in [-0.25, -0.2) is 4.57 Å². The highest BCUT2D eigenvalue weighted by Crippen LogP contribution is 2.43. The molecule has 1 amide bonds. The normalized spacial score (nSPS) is 15.4. The predicted molar refractivity (Wildman–Crippen MR) is 194 cm³/mol. The number of nitrogens with zero attached hydrogens (tertiary/aromatic N) is 1. The predicted octanol–water partition coefficient (Wildman–Crippen LogP) is 8.96. The van der Waals surface area contributed by atoms with Gasteiger partial charge in [0.05, 0.1) is 39.9 Å². The molecule has 0 saturated carbocycles. The van der Waals surface area contributed by atoms with Crippen molar-refractivity contribution in [2.45, 2.75) is 142 Å². The molecule has 0 aromatic carbocycles. The third kappa shape index (κ3) is 31.1. The zero-order valence-electron chi connectivity index (χ0n) is 30.0. The summed E-state index contributed by atoms with van der Waals surface area (Å²) in [5.74, 6) is -0.215. The van der Waals surface area contributed by atoms with Gasteiger partial charge in [0.25, 0.3) is 0 Å². The lowest BCUT2D eigenvalue weighted by molar-refractivity contribution is -0.870. The maximum atomic E-state index is 12.7. The fourth-order valence-electron chi connectivity index (χ4n) is 4.60. The van der Waals surface area contributed by atoms with Crippen molar-refractivity contribution in [1.29, 1.82) is 0 Å². The zero-order valence-corrected chi connectivity index (χ0v) is 30.9. The molecular weight excluding hydrogens is 599 g/mol. The van der Waals surface area contributed by atoms with Gasteiger partial charge in [-0.2, -0.15) is 0 Å². The van der Waals surface area contributed by atoms with Crippen molar-refractivity contribution in [2.24, 2.45) is 0 Å². The van der Waals surface area contributed by atoms with Crippen molar-refractivity contribution in [2.75, 3.05) is 40.9 Å². The van der Waals surface area contributed by atoms with E-state index in [2.05, 4.69) is 49.5 Å². The molecule has 0 fully saturated rings. The quantitative estimate of drug-likeness (QED) is 0.0224. The summed E-state index contributed by atoms with van der Waals surface area (Å²) in [6, 6.07) is -0.883. The number of amides is 1. The molecule has 8 nitrogen and oxygen atoms in total. The Balaban J connectivity index is 4.61. The summed E-state index contributed by atoms with van der Waals surface area (Å²) >= 11 is 0. The van der Waals surface area contributed by atoms with Crippen LogP contribution in [0.2, 0.25) is 0 Å². The average Bonchev–Trinajstić information content (AvgIpc) is 2.99. The van der Waals surface area contributed by atoms with Crippen LogP contribution in [0.3, 0.4) is 0 Å². The van der Waals surface area contributed by atoms with Gasteiger partial charge >= 0.3 is 7.82 Å². The van der Waals surface area contributed by atoms with Crippen molar-refractivity contribution in [3.05, 3.63) is 48.6 Å². The maximum absolute atomic E-state index is 12.7. The lowest BCUT2D eigenvalue weighted by Crippen LogP contribution is -2.45. The molecule has 0 aliphatic heterocycles. The van der Waals surface area contributed by atoms with Crippen LogP contribution in [-0.4, -0.2) is 73.4 Å². The number of aliphatic hydroxyl groups excluding tert-OH is 1. The standard InChI is InChI=1S/C37H69N2O6P/c1-6-8-10-12-14-16-17-18-19-20-21-23-25-27-29-31-37(41)38-35(34-45-46(42,43)44-33-32-39(3,4)5)36(40)30-28-26-24-22-15-13-11-9-7-2/h14,16,18-19,24,26,28,30,35-36,40H,6-13,15,17,20-23,25,27,29,31-34H2,1-5H3,(H-,38,41,42,43)/p+1/b16-14+,19-18+,26-24+,30-28+/t35-,36+/m0/s1. The van der Waals surface area contributed by atoms with Gasteiger partial charge in [-0.15, -0.1) is 0 Å². The Kier molecular flexibility index (Phi) is 28.6. The number of unbranched alkanes of at least 4 members (excludes halogenated alkanes) is 13. The second-order valence-corrected chi connectivity index (χ2v) is 14.7. The van der Waals surface area contributed by atoms with E-state index >= 15 is 0 Å². The van der Waals surface area contributed by atoms with E-state index in [-0.39, 0.29) is 19.1 Å². The summed E-state index contributed by atoms with van der Waals surface area (Å²) in [4.78, 5) is 22.9. The number of carbonyl (C=O) groups is 1. The molecule has 0 rings (SSSR count). The second kappa shape index (κ2) is 29.6. The molecular formula is C37H70N2O6P+. The third-order valence-corrected chi connectivity index (χ3v) is 8.56. The van der Waals surface area contributed by atoms with Crippen molar-refractivity contribution >= 4 is 13.7 Å². The number of likely N-dealkylation sites (N-methyl/N-ethyl adjacent to an activating group) is 1. The number of phosphoric ester groups is 1. The van der Waals surface area contributed by atoms with Gasteiger partial charge in [-0.1, -0.05) is 120 Å². The van der Waals surface area contributed by atoms with E-state index in [9.17, 15) is 19.4 Å². The number of allylic oxidation sites excluding steroid dienone is 7. The summed E-state index contributed by atoms with van der Waals surface area (Å²) in [6.07, 6.45) is 34.8. The lowest BCUT2D eigenvalue weighted by Gasteiger charge is -2.25. The first-order valence-corrected chi connectivity index (χ1v) is 19.5. The van der Waals surface area contributed by atoms with Gasteiger partial charge in [0, 0.05) is 6.42 Å². The lowest BCUT2D eigenvalue weighted by atomic mass is 10.1. The van der Waals surface area contributed by atoms with E-state index in [1.165, 1.54) is 51.4 Å². The topological polar surface area (TPSA) is 105 Å². The third-order valence-electron chi connectivity index (χ3n) is 7.58. The molecule has 0 aliphatic rings. The summed E-state index contributed by atoms with van der Waals surface area (Å²) in [6.45, 7) is 4.65. The van der Waals surface area contributed by atoms with Crippen LogP contribution < -0.4 is 5.32 Å². The molecule has 0 aromatic heterocycles. The number of aliphatic hydroxyl groups is 1. The molecule has 0 aromatic rings. The van der Waals surface area contributed by atoms with Gasteiger partial charge in [0.1, 0.15) is 13.2 Å². The molecule has 0 radical (unpaired) electrons. The number of quaternary nitrogens is 1. The van der Waals surface area contributed by atoms with E-state index in [1.807, 2.05) is 27.2 Å². The Morgan fingerprint density at radius 3 is 1.93 bits per heavy atom. The van der Waals surface area contributed by atoms with Crippen LogP contribution in [0.15, 0.2) is 48.6 Å². The van der Waals surface area contributed by atoms with Crippen LogP contribution in [0, 0.1) is 0 Å². The fraction of sp³-hybridized carbons (Fsp3) is 0.757. The number of nitrogens with one attached hydrogen (secondary N) is 1. The summed E-state index contributed by atoms with van der Waals surface area (Å²) in [5.41, 5.74) is 0. The molecule has 46 heavy (non-hydrogen) atoms. The van der Waals surface area contributed by atoms with Crippen LogP contribution in [-0.2, 0) is 18.4 Å². The molecule has 9 heteroatoms. The van der Waals surface area contributed by atoms with Gasteiger partial charge in [-0.05, 0) is 51.4 Å². The monoisotopic (exact) mass is 669 g/mol. The number of phosphoric acid groups is 1. The van der Waals surface area contributed by atoms with Gasteiger partial charge in [0.2, 0.25) is 5.91 Å². The first-order chi connectivity index (χ1) is 22.0. The number of rotatable bonds is 31. The van der Waals surface area contributed by atoms with E-state index in [4.69, 9.17) is 9.05 Å². The highest BCUT2D eigenvalue weighted by atomic mass is 31.2. The number of hydrogen-bond donors (Lipinski definition) is 3. The molecule has 3 N–H and O–H groups in total. The van der Waals surface area contributed by atoms with Crippen LogP contribution in [0.4, 0.5) is 0 Å². The van der Waals surface area contributed by atoms with E-state index < -0.39 is 20.0 Å². The smallest absolute Gasteiger partial charge is 0.387 e. The molecule has 0 saturated heterocycles. The molecule has 1 unspecified atom stereocenters. The Bertz CT molecular complexity index is 897. The summed E-state index contributed by atoms with van der Waals surface area (Å²) in [7, 11) is 1.52. The Morgan fingerprint density at radius 2 is 1.30 bits per heavy atom. The minimum atomic E-state index is -4.34. The Morgan fingerprint density at radius 1 is 0.761 bits per heavy atom. The SMILES string of the molecule is CCCCC/C=C/C/C=C/CCCCCCCC(=O)N[C@@H](COP(=O)(O)OCC[N+](C)(C)C)[C@H](O)/C=C/C=C/CCCCCCC. The maximum Gasteiger partial charge on any atom is 0.472 e. The molecule has 268 valence electrons. The first kappa shape index (κ1) is 44.5. The van der Waals surface area contributed by atoms with Crippen LogP contribution in [0.5, 0.6) is 0 Å². The van der Waals surface area contributed by atoms with Crippen LogP contribution in [0.25, 0.3) is 0 Å².